The highest BCUT2D eigenvalue weighted by atomic mass is 79.9. The van der Waals surface area contributed by atoms with Crippen LogP contribution >= 0.6 is 27.5 Å². The zero-order valence-electron chi connectivity index (χ0n) is 9.88. The van der Waals surface area contributed by atoms with E-state index in [-0.39, 0.29) is 5.91 Å². The van der Waals surface area contributed by atoms with Crippen molar-refractivity contribution in [1.82, 2.24) is 0 Å². The lowest BCUT2D eigenvalue weighted by molar-refractivity contribution is 0.102. The summed E-state index contributed by atoms with van der Waals surface area (Å²) in [4.78, 5) is 12.1. The van der Waals surface area contributed by atoms with Crippen molar-refractivity contribution in [1.29, 1.82) is 0 Å². The van der Waals surface area contributed by atoms with Crippen molar-refractivity contribution < 1.29 is 9.21 Å². The van der Waals surface area contributed by atoms with Crippen LogP contribution in [-0.4, -0.2) is 5.91 Å². The van der Waals surface area contributed by atoms with Gasteiger partial charge < -0.3 is 9.73 Å². The normalized spacial score (nSPS) is 10.4. The first kappa shape index (κ1) is 13.2. The van der Waals surface area contributed by atoms with E-state index in [9.17, 15) is 4.79 Å². The lowest BCUT2D eigenvalue weighted by Crippen LogP contribution is -2.12. The minimum atomic E-state index is -0.215. The quantitative estimate of drug-likeness (QED) is 0.877. The largest absolute Gasteiger partial charge is 0.466 e. The third-order valence-electron chi connectivity index (χ3n) is 2.46. The summed E-state index contributed by atoms with van der Waals surface area (Å²) in [5.41, 5.74) is 1.16. The summed E-state index contributed by atoms with van der Waals surface area (Å²) in [5, 5.41) is 3.35. The summed E-state index contributed by atoms with van der Waals surface area (Å²) in [6.07, 6.45) is 0. The number of halogens is 2. The number of nitrogens with one attached hydrogen (secondary N) is 1. The van der Waals surface area contributed by atoms with Crippen molar-refractivity contribution in [3.8, 4) is 0 Å². The summed E-state index contributed by atoms with van der Waals surface area (Å²) in [7, 11) is 0. The van der Waals surface area contributed by atoms with Crippen LogP contribution in [0.25, 0.3) is 0 Å². The molecule has 3 nitrogen and oxygen atoms in total. The van der Waals surface area contributed by atoms with Crippen LogP contribution in [0.15, 0.2) is 33.2 Å². The predicted octanol–water partition coefficient (Wildman–Crippen LogP) is 4.56. The van der Waals surface area contributed by atoms with Gasteiger partial charge in [-0.05, 0) is 54.0 Å². The average molecular weight is 329 g/mol. The Morgan fingerprint density at radius 2 is 2.06 bits per heavy atom. The Balaban J connectivity index is 2.26. The molecule has 2 aromatic rings. The molecule has 94 valence electrons. The second-order valence-electron chi connectivity index (χ2n) is 3.91. The van der Waals surface area contributed by atoms with Gasteiger partial charge in [-0.3, -0.25) is 4.79 Å². The van der Waals surface area contributed by atoms with Gasteiger partial charge in [-0.1, -0.05) is 11.6 Å². The smallest absolute Gasteiger partial charge is 0.259 e. The molecule has 1 N–H and O–H groups in total. The summed E-state index contributed by atoms with van der Waals surface area (Å²) in [6, 6.07) is 6.93. The van der Waals surface area contributed by atoms with Gasteiger partial charge in [-0.2, -0.15) is 0 Å². The second kappa shape index (κ2) is 5.16. The molecular formula is C13H11BrClNO2. The van der Waals surface area contributed by atoms with Gasteiger partial charge in [0, 0.05) is 9.50 Å². The molecule has 18 heavy (non-hydrogen) atoms. The standard InChI is InChI=1S/C13H11BrClNO2/c1-7-5-10(8(2)18-7)13(17)16-12-6-9(15)3-4-11(12)14/h3-6H,1-2H3,(H,16,17). The van der Waals surface area contributed by atoms with Crippen LogP contribution in [0, 0.1) is 13.8 Å². The van der Waals surface area contributed by atoms with Gasteiger partial charge in [-0.15, -0.1) is 0 Å². The number of aryl methyl sites for hydroxylation is 2. The van der Waals surface area contributed by atoms with Gasteiger partial charge in [-0.25, -0.2) is 0 Å². The SMILES string of the molecule is Cc1cc(C(=O)Nc2cc(Cl)ccc2Br)c(C)o1. The van der Waals surface area contributed by atoms with Gasteiger partial charge in [0.25, 0.3) is 5.91 Å². The number of carbonyl (C=O) groups is 1. The van der Waals surface area contributed by atoms with E-state index in [1.807, 2.05) is 0 Å². The fourth-order valence-corrected chi connectivity index (χ4v) is 2.16. The van der Waals surface area contributed by atoms with Crippen molar-refractivity contribution >= 4 is 39.1 Å². The molecule has 0 radical (unpaired) electrons. The van der Waals surface area contributed by atoms with E-state index in [0.717, 1.165) is 4.47 Å². The first-order valence-electron chi connectivity index (χ1n) is 5.31. The lowest BCUT2D eigenvalue weighted by Gasteiger charge is -2.07. The number of anilines is 1. The van der Waals surface area contributed by atoms with Crippen LogP contribution in [-0.2, 0) is 0 Å². The number of benzene rings is 1. The predicted molar refractivity (Wildman–Crippen MR) is 75.3 cm³/mol. The molecule has 1 amide bonds. The molecule has 0 unspecified atom stereocenters. The number of carbonyl (C=O) groups excluding carboxylic acids is 1. The Morgan fingerprint density at radius 1 is 1.33 bits per heavy atom. The Kier molecular flexibility index (Phi) is 3.78. The van der Waals surface area contributed by atoms with Crippen LogP contribution in [0.2, 0.25) is 5.02 Å². The summed E-state index contributed by atoms with van der Waals surface area (Å²) < 4.78 is 6.10. The molecule has 5 heteroatoms. The maximum atomic E-state index is 12.1. The van der Waals surface area contributed by atoms with Crippen LogP contribution in [0.5, 0.6) is 0 Å². The van der Waals surface area contributed by atoms with Crippen molar-refractivity contribution in [3.63, 3.8) is 0 Å². The topological polar surface area (TPSA) is 42.2 Å². The first-order chi connectivity index (χ1) is 8.47. The van der Waals surface area contributed by atoms with Gasteiger partial charge in [0.1, 0.15) is 11.5 Å². The van der Waals surface area contributed by atoms with E-state index in [0.29, 0.717) is 27.8 Å². The van der Waals surface area contributed by atoms with Crippen molar-refractivity contribution in [3.05, 3.63) is 50.8 Å². The maximum absolute atomic E-state index is 12.1. The second-order valence-corrected chi connectivity index (χ2v) is 5.20. The van der Waals surface area contributed by atoms with Crippen molar-refractivity contribution in [2.45, 2.75) is 13.8 Å². The van der Waals surface area contributed by atoms with E-state index in [1.165, 1.54) is 0 Å². The fourth-order valence-electron chi connectivity index (χ4n) is 1.64. The van der Waals surface area contributed by atoms with Gasteiger partial charge in [0.05, 0.1) is 11.3 Å². The van der Waals surface area contributed by atoms with E-state index in [4.69, 9.17) is 16.0 Å². The first-order valence-corrected chi connectivity index (χ1v) is 6.48. The molecule has 0 fully saturated rings. The van der Waals surface area contributed by atoms with E-state index >= 15 is 0 Å². The van der Waals surface area contributed by atoms with Crippen LogP contribution < -0.4 is 5.32 Å². The Morgan fingerprint density at radius 3 is 2.67 bits per heavy atom. The molecule has 0 spiro atoms. The molecule has 0 bridgehead atoms. The minimum Gasteiger partial charge on any atom is -0.466 e. The third-order valence-corrected chi connectivity index (χ3v) is 3.39. The number of hydrogen-bond donors (Lipinski definition) is 1. The molecule has 0 aliphatic rings. The molecular weight excluding hydrogens is 318 g/mol. The van der Waals surface area contributed by atoms with Crippen LogP contribution in [0.4, 0.5) is 5.69 Å². The van der Waals surface area contributed by atoms with Crippen molar-refractivity contribution in [2.24, 2.45) is 0 Å². The zero-order chi connectivity index (χ0) is 13.3. The number of rotatable bonds is 2. The minimum absolute atomic E-state index is 0.215. The molecule has 2 rings (SSSR count). The third kappa shape index (κ3) is 2.76. The fraction of sp³-hybridized carbons (Fsp3) is 0.154. The zero-order valence-corrected chi connectivity index (χ0v) is 12.2. The highest BCUT2D eigenvalue weighted by molar-refractivity contribution is 9.10. The molecule has 0 atom stereocenters. The molecule has 1 aromatic heterocycles. The van der Waals surface area contributed by atoms with Gasteiger partial charge >= 0.3 is 0 Å². The monoisotopic (exact) mass is 327 g/mol. The Labute approximate surface area is 118 Å². The number of furan rings is 1. The molecule has 1 aromatic carbocycles. The molecule has 0 saturated carbocycles. The van der Waals surface area contributed by atoms with E-state index in [2.05, 4.69) is 21.2 Å². The van der Waals surface area contributed by atoms with Gasteiger partial charge in [0.15, 0.2) is 0 Å². The molecule has 1 heterocycles. The molecule has 0 saturated heterocycles. The Bertz CT molecular complexity index is 607. The average Bonchev–Trinajstić information content (AvgIpc) is 2.63. The van der Waals surface area contributed by atoms with Gasteiger partial charge in [0.2, 0.25) is 0 Å². The van der Waals surface area contributed by atoms with E-state index in [1.54, 1.807) is 38.1 Å². The lowest BCUT2D eigenvalue weighted by atomic mass is 10.2. The summed E-state index contributed by atoms with van der Waals surface area (Å²) in [5.74, 6) is 1.10. The van der Waals surface area contributed by atoms with Crippen LogP contribution in [0.3, 0.4) is 0 Å². The number of hydrogen-bond acceptors (Lipinski definition) is 2. The number of amides is 1. The van der Waals surface area contributed by atoms with E-state index < -0.39 is 0 Å². The Hall–Kier alpha value is -1.26. The van der Waals surface area contributed by atoms with Crippen molar-refractivity contribution in [2.75, 3.05) is 5.32 Å². The highest BCUT2D eigenvalue weighted by Crippen LogP contribution is 2.27. The summed E-state index contributed by atoms with van der Waals surface area (Å²) in [6.45, 7) is 3.56. The highest BCUT2D eigenvalue weighted by Gasteiger charge is 2.14. The molecule has 0 aliphatic carbocycles. The maximum Gasteiger partial charge on any atom is 0.259 e. The molecule has 0 aliphatic heterocycles. The van der Waals surface area contributed by atoms with Crippen LogP contribution in [0.1, 0.15) is 21.9 Å². The summed E-state index contributed by atoms with van der Waals surface area (Å²) >= 11 is 9.25.